The van der Waals surface area contributed by atoms with E-state index >= 15 is 0 Å². The zero-order valence-corrected chi connectivity index (χ0v) is 48.7. The number of likely N-dealkylation sites (N-methyl/N-ethyl adjacent to an activating group) is 1. The normalized spacial score (nSPS) is 16.4. The van der Waals surface area contributed by atoms with Crippen molar-refractivity contribution in [2.45, 2.75) is 50.8 Å². The minimum atomic E-state index is -2.57. The van der Waals surface area contributed by atoms with Crippen LogP contribution < -0.4 is 50.1 Å². The summed E-state index contributed by atoms with van der Waals surface area (Å²) in [5, 5.41) is 36.7. The molecule has 2 fully saturated rings. The summed E-state index contributed by atoms with van der Waals surface area (Å²) in [5.74, 6) is -3.71. The summed E-state index contributed by atoms with van der Waals surface area (Å²) in [4.78, 5) is 83.9. The van der Waals surface area contributed by atoms with Gasteiger partial charge in [-0.1, -0.05) is 50.2 Å². The Morgan fingerprint density at radius 2 is 1.33 bits per heavy atom. The molecule has 22 heteroatoms. The molecule has 440 valence electrons. The lowest BCUT2D eigenvalue weighted by atomic mass is 9.78. The molecule has 4 heterocycles. The van der Waals surface area contributed by atoms with Crippen molar-refractivity contribution in [3.05, 3.63) is 125 Å². The molecule has 2 amide bonds. The number of carboxylic acid groups (broad SMARTS) is 3. The van der Waals surface area contributed by atoms with E-state index in [0.717, 1.165) is 78.1 Å². The first kappa shape index (κ1) is 59.8. The lowest BCUT2D eigenvalue weighted by Crippen LogP contribution is -2.63. The van der Waals surface area contributed by atoms with E-state index in [-0.39, 0.29) is 55.3 Å². The van der Waals surface area contributed by atoms with Gasteiger partial charge in [0.2, 0.25) is 5.91 Å². The zero-order chi connectivity index (χ0) is 58.8. The minimum Gasteiger partial charge on any atom is -0.488 e. The topological polar surface area (TPSA) is 246 Å². The summed E-state index contributed by atoms with van der Waals surface area (Å²) in [7, 11) is -0.974. The Labute approximate surface area is 488 Å². The molecule has 0 radical (unpaired) electrons. The number of esters is 1. The summed E-state index contributed by atoms with van der Waals surface area (Å²) in [6.07, 6.45) is 5.27. The number of hydrogen-bond acceptors (Lipinski definition) is 15. The van der Waals surface area contributed by atoms with Crippen molar-refractivity contribution in [2.24, 2.45) is 5.92 Å². The smallest absolute Gasteiger partial charge is 0.340 e. The molecule has 9 rings (SSSR count). The molecular weight excluding hydrogens is 1100 g/mol. The third-order valence-corrected chi connectivity index (χ3v) is 19.4. The highest BCUT2D eigenvalue weighted by atomic mass is 35.5. The molecule has 2 saturated heterocycles. The van der Waals surface area contributed by atoms with Crippen molar-refractivity contribution in [1.82, 2.24) is 5.32 Å². The van der Waals surface area contributed by atoms with Gasteiger partial charge < -0.3 is 69.2 Å². The minimum absolute atomic E-state index is 0.0549. The number of rotatable bonds is 30. The van der Waals surface area contributed by atoms with Crippen LogP contribution in [0.15, 0.2) is 97.1 Å². The number of amides is 2. The molecule has 5 aromatic rings. The first-order valence-electron chi connectivity index (χ1n) is 28.1. The number of carboxylic acids is 3. The van der Waals surface area contributed by atoms with Crippen LogP contribution in [0.5, 0.6) is 11.5 Å². The Morgan fingerprint density at radius 3 is 1.98 bits per heavy atom. The second kappa shape index (κ2) is 26.6. The van der Waals surface area contributed by atoms with E-state index in [0.29, 0.717) is 73.5 Å². The van der Waals surface area contributed by atoms with Crippen LogP contribution in [0.1, 0.15) is 69.5 Å². The summed E-state index contributed by atoms with van der Waals surface area (Å²) in [6.45, 7) is 7.91. The number of benzene rings is 5. The summed E-state index contributed by atoms with van der Waals surface area (Å²) >= 11 is 5.76. The number of anilines is 5. The molecule has 4 aliphatic rings. The van der Waals surface area contributed by atoms with Crippen LogP contribution in [0.4, 0.5) is 28.4 Å². The van der Waals surface area contributed by atoms with Crippen LogP contribution in [0, 0.1) is 5.92 Å². The SMILES string of the molecule is CN(CC(=O)O)c1ccc(NC(=O)C2CN(c3ccc4c(c3)[Si](C)(C)c3cc(N5CCC5)ccc3C43OC(=O)c4ccc(C(=O)NCCOCCOCCCCCCCl)cc43)C2)cc1OCCOc1ccccc1N(CC(=O)O)CC(=O)O. The molecular formula is C61H71ClN6O14Si. The molecule has 5 N–H and O–H groups in total. The van der Waals surface area contributed by atoms with E-state index in [4.69, 9.17) is 35.3 Å². The highest BCUT2D eigenvalue weighted by Gasteiger charge is 2.56. The van der Waals surface area contributed by atoms with E-state index in [1.54, 1.807) is 67.7 Å². The molecule has 0 saturated carbocycles. The summed E-state index contributed by atoms with van der Waals surface area (Å²) in [5.41, 5.74) is 4.94. The Morgan fingerprint density at radius 1 is 0.687 bits per heavy atom. The van der Waals surface area contributed by atoms with Gasteiger partial charge in [0.1, 0.15) is 52.4 Å². The number of hydrogen-bond donors (Lipinski definition) is 5. The molecule has 1 spiro atoms. The molecule has 20 nitrogen and oxygen atoms in total. The van der Waals surface area contributed by atoms with E-state index in [2.05, 4.69) is 57.8 Å². The fourth-order valence-electron chi connectivity index (χ4n) is 11.2. The lowest BCUT2D eigenvalue weighted by Gasteiger charge is -2.46. The number of carbonyl (C=O) groups excluding carboxylic acids is 3. The number of carbonyl (C=O) groups is 6. The first-order chi connectivity index (χ1) is 40.0. The molecule has 1 unspecified atom stereocenters. The Hall–Kier alpha value is -7.85. The third kappa shape index (κ3) is 13.5. The highest BCUT2D eigenvalue weighted by molar-refractivity contribution is 7.01. The van der Waals surface area contributed by atoms with Crippen LogP contribution in [0.3, 0.4) is 0 Å². The van der Waals surface area contributed by atoms with Crippen molar-refractivity contribution in [3.8, 4) is 11.5 Å². The Balaban J connectivity index is 0.891. The number of unbranched alkanes of at least 4 members (excludes halogenated alkanes) is 3. The average molecular weight is 1180 g/mol. The van der Waals surface area contributed by atoms with Crippen LogP contribution in [0.25, 0.3) is 0 Å². The zero-order valence-electron chi connectivity index (χ0n) is 47.0. The molecule has 0 aliphatic carbocycles. The fourth-order valence-corrected chi connectivity index (χ4v) is 14.6. The maximum absolute atomic E-state index is 14.1. The van der Waals surface area contributed by atoms with Gasteiger partial charge in [0, 0.05) is 97.6 Å². The average Bonchev–Trinajstić information content (AvgIpc) is 1.75. The standard InChI is InChI=1S/C61H71ClN6O14Si/c1-65(37-55(69)70)49-20-14-42(32-52(49)81-30-29-80-51-12-7-6-11-50(51)68(38-56(71)72)39-57(73)74)64-59(76)41-35-67(36-41)44-16-19-47-54(34-44)83(2,3)53-33-43(66-23-10-24-66)15-18-46(53)61(47)48-31-40(13-17-45(48)60(77)82-61)58(75)63-22-26-79-28-27-78-25-9-5-4-8-21-62/h6-7,11-20,31-34,41H,4-5,8-10,21-30,35-39H2,1-3H3,(H,63,75)(H,64,76)(H,69,70)(H,71,72)(H,73,74). The quantitative estimate of drug-likeness (QED) is 0.0151. The van der Waals surface area contributed by atoms with Gasteiger partial charge >= 0.3 is 23.9 Å². The maximum atomic E-state index is 14.1. The van der Waals surface area contributed by atoms with Crippen molar-refractivity contribution in [1.29, 1.82) is 0 Å². The van der Waals surface area contributed by atoms with Gasteiger partial charge in [-0.3, -0.25) is 24.0 Å². The van der Waals surface area contributed by atoms with Crippen LogP contribution in [-0.2, 0) is 39.0 Å². The van der Waals surface area contributed by atoms with Crippen LogP contribution >= 0.6 is 11.6 Å². The number of para-hydroxylation sites is 2. The van der Waals surface area contributed by atoms with E-state index in [9.17, 15) is 44.1 Å². The molecule has 5 aromatic carbocycles. The van der Waals surface area contributed by atoms with Gasteiger partial charge in [-0.25, -0.2) is 4.79 Å². The van der Waals surface area contributed by atoms with Crippen molar-refractivity contribution in [3.63, 3.8) is 0 Å². The largest absolute Gasteiger partial charge is 0.488 e. The number of ether oxygens (including phenoxy) is 5. The maximum Gasteiger partial charge on any atom is 0.340 e. The molecule has 0 aromatic heterocycles. The third-order valence-electron chi connectivity index (χ3n) is 15.6. The van der Waals surface area contributed by atoms with E-state index < -0.39 is 56.6 Å². The van der Waals surface area contributed by atoms with Crippen LogP contribution in [-0.4, -0.2) is 164 Å². The molecule has 0 bridgehead atoms. The first-order valence-corrected chi connectivity index (χ1v) is 31.6. The Kier molecular flexibility index (Phi) is 19.1. The second-order valence-electron chi connectivity index (χ2n) is 21.7. The number of nitrogens with one attached hydrogen (secondary N) is 2. The number of aliphatic carboxylic acids is 3. The predicted octanol–water partition coefficient (Wildman–Crippen LogP) is 6.09. The van der Waals surface area contributed by atoms with Gasteiger partial charge in [-0.2, -0.15) is 0 Å². The Bertz CT molecular complexity index is 3210. The molecule has 1 atom stereocenters. The van der Waals surface area contributed by atoms with Crippen molar-refractivity contribution in [2.75, 3.05) is 130 Å². The van der Waals surface area contributed by atoms with Crippen molar-refractivity contribution < 1.29 is 67.8 Å². The number of alkyl halides is 1. The fraction of sp³-hybridized carbons (Fsp3) is 0.410. The van der Waals surface area contributed by atoms with Gasteiger partial charge in [-0.05, 0) is 96.4 Å². The van der Waals surface area contributed by atoms with Gasteiger partial charge in [0.05, 0.1) is 42.7 Å². The molecule has 83 heavy (non-hydrogen) atoms. The van der Waals surface area contributed by atoms with Gasteiger partial charge in [-0.15, -0.1) is 11.6 Å². The number of nitrogens with zero attached hydrogens (tertiary/aromatic N) is 4. The number of halogens is 1. The predicted molar refractivity (Wildman–Crippen MR) is 318 cm³/mol. The number of fused-ring (bicyclic) bond motifs is 6. The van der Waals surface area contributed by atoms with E-state index in [1.165, 1.54) is 9.80 Å². The lowest BCUT2D eigenvalue weighted by molar-refractivity contribution is -0.137. The summed E-state index contributed by atoms with van der Waals surface area (Å²) < 4.78 is 30.2. The van der Waals surface area contributed by atoms with Gasteiger partial charge in [0.15, 0.2) is 5.60 Å². The van der Waals surface area contributed by atoms with E-state index in [1.807, 2.05) is 12.1 Å². The van der Waals surface area contributed by atoms with Crippen molar-refractivity contribution >= 4 is 94.2 Å². The monoisotopic (exact) mass is 1170 g/mol. The van der Waals surface area contributed by atoms with Gasteiger partial charge in [0.25, 0.3) is 5.91 Å². The van der Waals surface area contributed by atoms with Crippen LogP contribution in [0.2, 0.25) is 13.1 Å². The second-order valence-corrected chi connectivity index (χ2v) is 26.4. The highest BCUT2D eigenvalue weighted by Crippen LogP contribution is 2.50. The molecule has 4 aliphatic heterocycles. The summed E-state index contributed by atoms with van der Waals surface area (Å²) in [6, 6.07) is 29.2.